The molecule has 2 heterocycles. The lowest BCUT2D eigenvalue weighted by Gasteiger charge is -2.29. The highest BCUT2D eigenvalue weighted by atomic mass is 35.5. The summed E-state index contributed by atoms with van der Waals surface area (Å²) in [6, 6.07) is 8.68. The van der Waals surface area contributed by atoms with E-state index in [1.54, 1.807) is 0 Å². The van der Waals surface area contributed by atoms with Gasteiger partial charge in [0, 0.05) is 25.3 Å². The number of anilines is 1. The van der Waals surface area contributed by atoms with Crippen molar-refractivity contribution in [3.8, 4) is 0 Å². The van der Waals surface area contributed by atoms with Crippen molar-refractivity contribution >= 4 is 17.3 Å². The Bertz CT molecular complexity index is 605. The van der Waals surface area contributed by atoms with Crippen molar-refractivity contribution in [3.05, 3.63) is 47.5 Å². The zero-order chi connectivity index (χ0) is 14.7. The zero-order valence-corrected chi connectivity index (χ0v) is 13.0. The van der Waals surface area contributed by atoms with Crippen molar-refractivity contribution in [2.45, 2.75) is 19.3 Å². The van der Waals surface area contributed by atoms with E-state index in [2.05, 4.69) is 38.7 Å². The maximum Gasteiger partial charge on any atom is 0.0955 e. The lowest BCUT2D eigenvalue weighted by Crippen LogP contribution is -2.36. The first kappa shape index (κ1) is 14.4. The highest BCUT2D eigenvalue weighted by Gasteiger charge is 2.12. The van der Waals surface area contributed by atoms with Gasteiger partial charge in [0.2, 0.25) is 0 Å². The van der Waals surface area contributed by atoms with E-state index in [4.69, 9.17) is 16.3 Å². The summed E-state index contributed by atoms with van der Waals surface area (Å²) in [6.07, 6.45) is 1.87. The van der Waals surface area contributed by atoms with Crippen LogP contribution < -0.4 is 4.90 Å². The molecule has 1 fully saturated rings. The fourth-order valence-corrected chi connectivity index (χ4v) is 3.03. The number of benzene rings is 1. The maximum absolute atomic E-state index is 6.01. The number of nitrogens with zero attached hydrogens (tertiary/aromatic N) is 3. The molecule has 1 aromatic heterocycles. The number of hydrogen-bond acceptors (Lipinski definition) is 3. The number of halogens is 1. The van der Waals surface area contributed by atoms with Crippen molar-refractivity contribution in [3.63, 3.8) is 0 Å². The van der Waals surface area contributed by atoms with Gasteiger partial charge in [-0.25, -0.2) is 4.98 Å². The molecule has 1 aliphatic heterocycles. The average Bonchev–Trinajstić information content (AvgIpc) is 2.88. The van der Waals surface area contributed by atoms with Crippen LogP contribution in [0.5, 0.6) is 0 Å². The molecule has 0 bridgehead atoms. The minimum atomic E-state index is 0.495. The van der Waals surface area contributed by atoms with Crippen molar-refractivity contribution in [2.24, 2.45) is 0 Å². The van der Waals surface area contributed by atoms with Gasteiger partial charge in [-0.3, -0.25) is 0 Å². The Kier molecular flexibility index (Phi) is 4.46. The Morgan fingerprint density at radius 1 is 1.29 bits per heavy atom. The summed E-state index contributed by atoms with van der Waals surface area (Å²) in [7, 11) is 0. The number of hydrogen-bond donors (Lipinski definition) is 0. The van der Waals surface area contributed by atoms with Crippen LogP contribution in [0.1, 0.15) is 17.0 Å². The molecule has 1 aliphatic rings. The first-order chi connectivity index (χ1) is 10.3. The van der Waals surface area contributed by atoms with E-state index >= 15 is 0 Å². The Morgan fingerprint density at radius 3 is 2.86 bits per heavy atom. The van der Waals surface area contributed by atoms with E-state index in [0.29, 0.717) is 5.88 Å². The van der Waals surface area contributed by atoms with E-state index in [1.165, 1.54) is 11.3 Å². The summed E-state index contributed by atoms with van der Waals surface area (Å²) in [5.41, 5.74) is 4.63. The lowest BCUT2D eigenvalue weighted by molar-refractivity contribution is 0.122. The van der Waals surface area contributed by atoms with E-state index in [-0.39, 0.29) is 0 Å². The Morgan fingerprint density at radius 2 is 2.10 bits per heavy atom. The van der Waals surface area contributed by atoms with Gasteiger partial charge in [-0.15, -0.1) is 11.6 Å². The number of aryl methyl sites for hydroxylation is 1. The van der Waals surface area contributed by atoms with Gasteiger partial charge >= 0.3 is 0 Å². The molecule has 0 saturated carbocycles. The molecular formula is C16H20ClN3O. The largest absolute Gasteiger partial charge is 0.378 e. The van der Waals surface area contributed by atoms with Gasteiger partial charge in [-0.05, 0) is 24.6 Å². The summed E-state index contributed by atoms with van der Waals surface area (Å²) in [5, 5.41) is 0. The number of alkyl halides is 1. The van der Waals surface area contributed by atoms with Crippen LogP contribution in [0.4, 0.5) is 5.69 Å². The van der Waals surface area contributed by atoms with E-state index in [9.17, 15) is 0 Å². The molecule has 0 spiro atoms. The topological polar surface area (TPSA) is 30.3 Å². The first-order valence-corrected chi connectivity index (χ1v) is 7.79. The van der Waals surface area contributed by atoms with E-state index in [1.807, 2.05) is 13.3 Å². The molecule has 0 amide bonds. The highest BCUT2D eigenvalue weighted by Crippen LogP contribution is 2.19. The minimum absolute atomic E-state index is 0.495. The standard InChI is InChI=1S/C16H20ClN3O/c1-13-16(10-17)20(12-18-13)11-14-3-2-4-15(9-14)19-5-7-21-8-6-19/h2-4,9,12H,5-8,10-11H2,1H3. The molecule has 5 heteroatoms. The number of morpholine rings is 1. The van der Waals surface area contributed by atoms with Crippen molar-refractivity contribution in [2.75, 3.05) is 31.2 Å². The average molecular weight is 306 g/mol. The normalized spacial score (nSPS) is 15.4. The summed E-state index contributed by atoms with van der Waals surface area (Å²) in [4.78, 5) is 6.72. The third-order valence-electron chi connectivity index (χ3n) is 3.92. The number of imidazole rings is 1. The minimum Gasteiger partial charge on any atom is -0.378 e. The van der Waals surface area contributed by atoms with Gasteiger partial charge < -0.3 is 14.2 Å². The molecule has 21 heavy (non-hydrogen) atoms. The monoisotopic (exact) mass is 305 g/mol. The molecule has 0 aliphatic carbocycles. The van der Waals surface area contributed by atoms with Gasteiger partial charge in [0.25, 0.3) is 0 Å². The third-order valence-corrected chi connectivity index (χ3v) is 4.17. The third kappa shape index (κ3) is 3.22. The molecule has 1 saturated heterocycles. The van der Waals surface area contributed by atoms with Crippen molar-refractivity contribution < 1.29 is 4.74 Å². The molecule has 0 atom stereocenters. The molecule has 0 radical (unpaired) electrons. The van der Waals surface area contributed by atoms with E-state index < -0.39 is 0 Å². The summed E-state index contributed by atoms with van der Waals surface area (Å²) in [5.74, 6) is 0.495. The van der Waals surface area contributed by atoms with Crippen LogP contribution in [0, 0.1) is 6.92 Å². The molecule has 3 rings (SSSR count). The van der Waals surface area contributed by atoms with Crippen molar-refractivity contribution in [1.29, 1.82) is 0 Å². The Hall–Kier alpha value is -1.52. The van der Waals surface area contributed by atoms with Crippen LogP contribution in [-0.2, 0) is 17.2 Å². The van der Waals surface area contributed by atoms with Crippen LogP contribution in [0.2, 0.25) is 0 Å². The molecular weight excluding hydrogens is 286 g/mol. The highest BCUT2D eigenvalue weighted by molar-refractivity contribution is 6.17. The molecule has 4 nitrogen and oxygen atoms in total. The summed E-state index contributed by atoms with van der Waals surface area (Å²) >= 11 is 6.01. The summed E-state index contributed by atoms with van der Waals surface area (Å²) < 4.78 is 7.54. The van der Waals surface area contributed by atoms with Crippen LogP contribution in [0.15, 0.2) is 30.6 Å². The first-order valence-electron chi connectivity index (χ1n) is 7.26. The zero-order valence-electron chi connectivity index (χ0n) is 12.3. The molecule has 0 N–H and O–H groups in total. The molecule has 0 unspecified atom stereocenters. The Balaban J connectivity index is 1.79. The number of rotatable bonds is 4. The van der Waals surface area contributed by atoms with Gasteiger partial charge in [-0.1, -0.05) is 12.1 Å². The van der Waals surface area contributed by atoms with Crippen LogP contribution in [-0.4, -0.2) is 35.9 Å². The quantitative estimate of drug-likeness (QED) is 0.814. The van der Waals surface area contributed by atoms with Crippen molar-refractivity contribution in [1.82, 2.24) is 9.55 Å². The lowest BCUT2D eigenvalue weighted by atomic mass is 10.1. The van der Waals surface area contributed by atoms with Gasteiger partial charge in [0.15, 0.2) is 0 Å². The van der Waals surface area contributed by atoms with Crippen LogP contribution >= 0.6 is 11.6 Å². The second-order valence-electron chi connectivity index (χ2n) is 5.31. The maximum atomic E-state index is 6.01. The smallest absolute Gasteiger partial charge is 0.0955 e. The van der Waals surface area contributed by atoms with Crippen LogP contribution in [0.25, 0.3) is 0 Å². The van der Waals surface area contributed by atoms with E-state index in [0.717, 1.165) is 44.2 Å². The summed E-state index contributed by atoms with van der Waals surface area (Å²) in [6.45, 7) is 6.34. The van der Waals surface area contributed by atoms with Crippen LogP contribution in [0.3, 0.4) is 0 Å². The molecule has 1 aromatic carbocycles. The SMILES string of the molecule is Cc1ncn(Cc2cccc(N3CCOCC3)c2)c1CCl. The predicted molar refractivity (Wildman–Crippen MR) is 85.1 cm³/mol. The second kappa shape index (κ2) is 6.50. The van der Waals surface area contributed by atoms with Gasteiger partial charge in [0.05, 0.1) is 36.8 Å². The predicted octanol–water partition coefficient (Wildman–Crippen LogP) is 2.82. The fraction of sp³-hybridized carbons (Fsp3) is 0.438. The molecule has 112 valence electrons. The number of ether oxygens (including phenoxy) is 1. The molecule has 2 aromatic rings. The fourth-order valence-electron chi connectivity index (χ4n) is 2.69. The van der Waals surface area contributed by atoms with Gasteiger partial charge in [-0.2, -0.15) is 0 Å². The second-order valence-corrected chi connectivity index (χ2v) is 5.57. The number of aromatic nitrogens is 2. The Labute approximate surface area is 130 Å². The van der Waals surface area contributed by atoms with Gasteiger partial charge in [0.1, 0.15) is 0 Å².